The zero-order valence-electron chi connectivity index (χ0n) is 11.0. The van der Waals surface area contributed by atoms with Crippen molar-refractivity contribution >= 4 is 12.2 Å². The van der Waals surface area contributed by atoms with Crippen molar-refractivity contribution in [2.24, 2.45) is 7.05 Å². The van der Waals surface area contributed by atoms with E-state index in [0.29, 0.717) is 12.6 Å². The maximum atomic E-state index is 12.7. The Morgan fingerprint density at radius 3 is 2.42 bits per heavy atom. The van der Waals surface area contributed by atoms with E-state index >= 15 is 0 Å². The molecule has 1 aromatic rings. The molecule has 0 saturated heterocycles. The number of rotatable bonds is 5. The van der Waals surface area contributed by atoms with Crippen molar-refractivity contribution in [3.05, 3.63) is 26.9 Å². The lowest BCUT2D eigenvalue weighted by molar-refractivity contribution is -0.143. The van der Waals surface area contributed by atoms with Gasteiger partial charge in [0.05, 0.1) is 0 Å². The van der Waals surface area contributed by atoms with Gasteiger partial charge in [0, 0.05) is 19.7 Å². The number of hydrogen-bond donors (Lipinski definition) is 0. The second-order valence-electron chi connectivity index (χ2n) is 4.42. The monoisotopic (exact) mass is 294 g/mol. The minimum absolute atomic E-state index is 0.0867. The molecular formula is C12H17F3N2OS. The molecule has 0 unspecified atom stereocenters. The van der Waals surface area contributed by atoms with E-state index < -0.39 is 17.4 Å². The summed E-state index contributed by atoms with van der Waals surface area (Å²) in [7, 11) is 1.23. The quantitative estimate of drug-likeness (QED) is 0.614. The van der Waals surface area contributed by atoms with Gasteiger partial charge in [0.15, 0.2) is 4.77 Å². The topological polar surface area (TPSA) is 26.9 Å². The van der Waals surface area contributed by atoms with Gasteiger partial charge in [0.25, 0.3) is 5.56 Å². The van der Waals surface area contributed by atoms with E-state index in [4.69, 9.17) is 12.2 Å². The molecule has 1 aromatic heterocycles. The lowest BCUT2D eigenvalue weighted by Gasteiger charge is -2.15. The van der Waals surface area contributed by atoms with Gasteiger partial charge in [0.1, 0.15) is 5.69 Å². The number of halogens is 3. The molecule has 108 valence electrons. The van der Waals surface area contributed by atoms with Gasteiger partial charge >= 0.3 is 6.18 Å². The Kier molecular flexibility index (Phi) is 5.34. The highest BCUT2D eigenvalue weighted by Crippen LogP contribution is 2.27. The van der Waals surface area contributed by atoms with Crippen LogP contribution < -0.4 is 5.56 Å². The van der Waals surface area contributed by atoms with Crippen molar-refractivity contribution < 1.29 is 13.2 Å². The summed E-state index contributed by atoms with van der Waals surface area (Å²) < 4.78 is 40.0. The first kappa shape index (κ1) is 15.9. The largest absolute Gasteiger partial charge is 0.431 e. The Labute approximate surface area is 114 Å². The molecule has 0 aromatic carbocycles. The molecular weight excluding hydrogens is 277 g/mol. The van der Waals surface area contributed by atoms with Gasteiger partial charge in [-0.1, -0.05) is 26.2 Å². The minimum atomic E-state index is -4.57. The number of unbranched alkanes of at least 4 members (excludes halogenated alkanes) is 3. The summed E-state index contributed by atoms with van der Waals surface area (Å²) in [5.41, 5.74) is -1.70. The molecule has 0 aliphatic carbocycles. The highest BCUT2D eigenvalue weighted by Gasteiger charge is 2.34. The van der Waals surface area contributed by atoms with E-state index in [9.17, 15) is 18.0 Å². The van der Waals surface area contributed by atoms with E-state index in [0.717, 1.165) is 30.3 Å². The summed E-state index contributed by atoms with van der Waals surface area (Å²) in [4.78, 5) is 11.7. The number of nitrogens with zero attached hydrogens (tertiary/aromatic N) is 2. The van der Waals surface area contributed by atoms with Crippen molar-refractivity contribution in [2.45, 2.75) is 45.3 Å². The third-order valence-electron chi connectivity index (χ3n) is 2.93. The molecule has 0 atom stereocenters. The molecule has 0 spiro atoms. The van der Waals surface area contributed by atoms with Gasteiger partial charge in [-0.15, -0.1) is 0 Å². The van der Waals surface area contributed by atoms with Crippen LogP contribution in [-0.4, -0.2) is 9.13 Å². The van der Waals surface area contributed by atoms with Crippen molar-refractivity contribution in [3.63, 3.8) is 0 Å². The highest BCUT2D eigenvalue weighted by molar-refractivity contribution is 7.71. The van der Waals surface area contributed by atoms with Crippen molar-refractivity contribution in [2.75, 3.05) is 0 Å². The summed E-state index contributed by atoms with van der Waals surface area (Å²) in [6.45, 7) is 2.42. The first-order valence-electron chi connectivity index (χ1n) is 6.17. The Balaban J connectivity index is 3.07. The molecule has 0 N–H and O–H groups in total. The smallest absolute Gasteiger partial charge is 0.317 e. The maximum Gasteiger partial charge on any atom is 0.431 e. The lowest BCUT2D eigenvalue weighted by Crippen LogP contribution is -2.28. The molecule has 19 heavy (non-hydrogen) atoms. The van der Waals surface area contributed by atoms with Crippen LogP contribution in [-0.2, 0) is 19.8 Å². The standard InChI is InChI=1S/C12H17F3N2OS/c1-3-4-5-6-7-17-10(18)8-9(12(13,14)15)16(2)11(17)19/h8H,3-7H2,1-2H3. The van der Waals surface area contributed by atoms with E-state index in [1.54, 1.807) is 0 Å². The Morgan fingerprint density at radius 1 is 1.26 bits per heavy atom. The number of aromatic nitrogens is 2. The lowest BCUT2D eigenvalue weighted by atomic mass is 10.2. The second-order valence-corrected chi connectivity index (χ2v) is 4.78. The fourth-order valence-electron chi connectivity index (χ4n) is 1.84. The van der Waals surface area contributed by atoms with E-state index in [2.05, 4.69) is 6.92 Å². The third-order valence-corrected chi connectivity index (χ3v) is 3.43. The average Bonchev–Trinajstić information content (AvgIpc) is 2.31. The SMILES string of the molecule is CCCCCCn1c(=O)cc(C(F)(F)F)n(C)c1=S. The van der Waals surface area contributed by atoms with Crippen LogP contribution in [0.5, 0.6) is 0 Å². The van der Waals surface area contributed by atoms with Gasteiger partial charge in [-0.3, -0.25) is 9.36 Å². The van der Waals surface area contributed by atoms with Crippen LogP contribution in [0.3, 0.4) is 0 Å². The Bertz CT molecular complexity index is 545. The predicted octanol–water partition coefficient (Wildman–Crippen LogP) is 3.52. The summed E-state index contributed by atoms with van der Waals surface area (Å²) in [6.07, 6.45) is -0.807. The Morgan fingerprint density at radius 2 is 1.89 bits per heavy atom. The van der Waals surface area contributed by atoms with Crippen LogP contribution in [0.25, 0.3) is 0 Å². The van der Waals surface area contributed by atoms with Crippen LogP contribution in [0.4, 0.5) is 13.2 Å². The van der Waals surface area contributed by atoms with Crippen LogP contribution in [0.2, 0.25) is 0 Å². The van der Waals surface area contributed by atoms with Crippen LogP contribution in [0.15, 0.2) is 10.9 Å². The molecule has 0 aliphatic heterocycles. The highest BCUT2D eigenvalue weighted by atomic mass is 32.1. The fraction of sp³-hybridized carbons (Fsp3) is 0.667. The average molecular weight is 294 g/mol. The first-order chi connectivity index (χ1) is 8.79. The predicted molar refractivity (Wildman–Crippen MR) is 69.7 cm³/mol. The first-order valence-corrected chi connectivity index (χ1v) is 6.58. The molecule has 7 heteroatoms. The van der Waals surface area contributed by atoms with Crippen molar-refractivity contribution in [3.8, 4) is 0 Å². The maximum absolute atomic E-state index is 12.7. The van der Waals surface area contributed by atoms with E-state index in [1.165, 1.54) is 11.6 Å². The molecule has 3 nitrogen and oxygen atoms in total. The van der Waals surface area contributed by atoms with Gasteiger partial charge in [-0.25, -0.2) is 0 Å². The van der Waals surface area contributed by atoms with Gasteiger partial charge in [0.2, 0.25) is 0 Å². The van der Waals surface area contributed by atoms with Crippen molar-refractivity contribution in [1.82, 2.24) is 9.13 Å². The van der Waals surface area contributed by atoms with Crippen molar-refractivity contribution in [1.29, 1.82) is 0 Å². The Hall–Kier alpha value is -1.11. The summed E-state index contributed by atoms with van der Waals surface area (Å²) in [5, 5.41) is 0. The van der Waals surface area contributed by atoms with Crippen LogP contribution in [0.1, 0.15) is 38.3 Å². The number of hydrogen-bond acceptors (Lipinski definition) is 2. The van der Waals surface area contributed by atoms with E-state index in [-0.39, 0.29) is 4.77 Å². The van der Waals surface area contributed by atoms with Crippen LogP contribution >= 0.6 is 12.2 Å². The molecule has 0 saturated carbocycles. The van der Waals surface area contributed by atoms with E-state index in [1.807, 2.05) is 0 Å². The molecule has 0 fully saturated rings. The molecule has 0 aliphatic rings. The fourth-order valence-corrected chi connectivity index (χ4v) is 2.12. The molecule has 0 radical (unpaired) electrons. The van der Waals surface area contributed by atoms with Gasteiger partial charge in [-0.05, 0) is 18.6 Å². The normalized spacial score (nSPS) is 11.8. The molecule has 0 amide bonds. The zero-order chi connectivity index (χ0) is 14.6. The van der Waals surface area contributed by atoms with Gasteiger partial charge in [-0.2, -0.15) is 13.2 Å². The molecule has 0 bridgehead atoms. The summed E-state index contributed by atoms with van der Waals surface area (Å²) in [5.74, 6) is 0. The second kappa shape index (κ2) is 6.36. The van der Waals surface area contributed by atoms with Gasteiger partial charge < -0.3 is 4.57 Å². The minimum Gasteiger partial charge on any atom is -0.317 e. The summed E-state index contributed by atoms with van der Waals surface area (Å²) >= 11 is 4.94. The summed E-state index contributed by atoms with van der Waals surface area (Å²) in [6, 6.07) is 0.607. The molecule has 1 heterocycles. The number of alkyl halides is 3. The van der Waals surface area contributed by atoms with Crippen LogP contribution in [0, 0.1) is 4.77 Å². The third kappa shape index (κ3) is 3.92. The molecule has 1 rings (SSSR count). The zero-order valence-corrected chi connectivity index (χ0v) is 11.8.